The maximum atomic E-state index is 12.6. The highest BCUT2D eigenvalue weighted by molar-refractivity contribution is 6.42. The van der Waals surface area contributed by atoms with Crippen LogP contribution < -0.4 is 16.7 Å². The van der Waals surface area contributed by atoms with E-state index < -0.39 is 22.6 Å². The number of nitrogens with two attached hydrogens (primary N) is 1. The molecule has 3 aromatic rings. The van der Waals surface area contributed by atoms with Crippen molar-refractivity contribution in [3.05, 3.63) is 78.2 Å². The molecule has 1 unspecified atom stereocenters. The predicted molar refractivity (Wildman–Crippen MR) is 110 cm³/mol. The Morgan fingerprint density at radius 1 is 1.27 bits per heavy atom. The SMILES string of the molecule is NC(=O)N/N=C(/c1nc2ccc([N+](=O)[O-])cc2[nH]c1=O)C(O)c1ccc(Cl)c(Cl)c1. The minimum absolute atomic E-state index is 0.101. The first kappa shape index (κ1) is 21.2. The zero-order chi connectivity index (χ0) is 22.0. The molecule has 0 spiro atoms. The van der Waals surface area contributed by atoms with E-state index in [9.17, 15) is 24.8 Å². The summed E-state index contributed by atoms with van der Waals surface area (Å²) in [5.41, 5.74) is 5.73. The maximum absolute atomic E-state index is 12.6. The number of aliphatic hydroxyl groups is 1. The van der Waals surface area contributed by atoms with E-state index in [2.05, 4.69) is 15.1 Å². The molecule has 2 aromatic carbocycles. The van der Waals surface area contributed by atoms with Gasteiger partial charge in [-0.3, -0.25) is 14.9 Å². The molecule has 0 fully saturated rings. The Morgan fingerprint density at radius 3 is 2.63 bits per heavy atom. The number of carbonyl (C=O) groups excluding carboxylic acids is 1. The Hall–Kier alpha value is -3.54. The molecule has 30 heavy (non-hydrogen) atoms. The monoisotopic (exact) mass is 450 g/mol. The minimum Gasteiger partial charge on any atom is -0.382 e. The zero-order valence-electron chi connectivity index (χ0n) is 14.8. The molecule has 0 saturated carbocycles. The normalized spacial score (nSPS) is 12.6. The third-order valence-electron chi connectivity index (χ3n) is 3.93. The van der Waals surface area contributed by atoms with Crippen LogP contribution in [0.2, 0.25) is 10.0 Å². The number of aromatic nitrogens is 2. The van der Waals surface area contributed by atoms with Gasteiger partial charge in [0.05, 0.1) is 26.0 Å². The molecule has 154 valence electrons. The molecule has 0 aliphatic heterocycles. The lowest BCUT2D eigenvalue weighted by Gasteiger charge is -2.14. The van der Waals surface area contributed by atoms with Gasteiger partial charge in [-0.05, 0) is 23.8 Å². The number of halogens is 2. The summed E-state index contributed by atoms with van der Waals surface area (Å²) in [4.78, 5) is 40.6. The fourth-order valence-electron chi connectivity index (χ4n) is 2.56. The minimum atomic E-state index is -1.55. The molecule has 1 aromatic heterocycles. The number of primary amides is 1. The highest BCUT2D eigenvalue weighted by Crippen LogP contribution is 2.27. The number of nitrogens with one attached hydrogen (secondary N) is 2. The highest BCUT2D eigenvalue weighted by Gasteiger charge is 2.24. The lowest BCUT2D eigenvalue weighted by atomic mass is 10.0. The second kappa shape index (κ2) is 8.45. The van der Waals surface area contributed by atoms with Gasteiger partial charge in [0.15, 0.2) is 5.69 Å². The largest absolute Gasteiger partial charge is 0.382 e. The Bertz CT molecular complexity index is 1260. The van der Waals surface area contributed by atoms with Crippen LogP contribution in [0.5, 0.6) is 0 Å². The Balaban J connectivity index is 2.16. The van der Waals surface area contributed by atoms with E-state index in [-0.39, 0.29) is 43.7 Å². The van der Waals surface area contributed by atoms with Gasteiger partial charge >= 0.3 is 6.03 Å². The van der Waals surface area contributed by atoms with Crippen LogP contribution in [0.3, 0.4) is 0 Å². The Labute approximate surface area is 177 Å². The summed E-state index contributed by atoms with van der Waals surface area (Å²) in [5, 5.41) is 25.8. The number of non-ortho nitro benzene ring substituents is 1. The van der Waals surface area contributed by atoms with Crippen molar-refractivity contribution in [2.75, 3.05) is 0 Å². The molecule has 3 rings (SSSR count). The summed E-state index contributed by atoms with van der Waals surface area (Å²) in [6, 6.07) is 6.84. The second-order valence-corrected chi connectivity index (χ2v) is 6.74. The molecule has 1 atom stereocenters. The molecule has 11 nitrogen and oxygen atoms in total. The number of hydrogen-bond acceptors (Lipinski definition) is 7. The van der Waals surface area contributed by atoms with Crippen LogP contribution in [0.15, 0.2) is 46.3 Å². The number of aliphatic hydroxyl groups excluding tert-OH is 1. The van der Waals surface area contributed by atoms with E-state index in [1.54, 1.807) is 0 Å². The third kappa shape index (κ3) is 4.38. The van der Waals surface area contributed by atoms with Gasteiger partial charge in [0.25, 0.3) is 11.2 Å². The van der Waals surface area contributed by atoms with Gasteiger partial charge in [0, 0.05) is 12.1 Å². The van der Waals surface area contributed by atoms with Crippen LogP contribution in [0, 0.1) is 10.1 Å². The molecule has 0 bridgehead atoms. The number of aromatic amines is 1. The molecular formula is C17H12Cl2N6O5. The molecule has 5 N–H and O–H groups in total. The topological polar surface area (TPSA) is 177 Å². The van der Waals surface area contributed by atoms with E-state index in [0.29, 0.717) is 0 Å². The highest BCUT2D eigenvalue weighted by atomic mass is 35.5. The molecule has 0 aliphatic rings. The second-order valence-electron chi connectivity index (χ2n) is 5.92. The van der Waals surface area contributed by atoms with Crippen LogP contribution >= 0.6 is 23.2 Å². The van der Waals surface area contributed by atoms with Crippen LogP contribution in [-0.4, -0.2) is 31.7 Å². The van der Waals surface area contributed by atoms with Crippen molar-refractivity contribution in [1.29, 1.82) is 0 Å². The van der Waals surface area contributed by atoms with E-state index in [0.717, 1.165) is 6.07 Å². The van der Waals surface area contributed by atoms with Crippen molar-refractivity contribution in [1.82, 2.24) is 15.4 Å². The van der Waals surface area contributed by atoms with Gasteiger partial charge in [-0.2, -0.15) is 5.10 Å². The smallest absolute Gasteiger partial charge is 0.332 e. The van der Waals surface area contributed by atoms with Gasteiger partial charge < -0.3 is 15.8 Å². The first-order chi connectivity index (χ1) is 14.2. The number of nitro benzene ring substituents is 1. The number of fused-ring (bicyclic) bond motifs is 1. The van der Waals surface area contributed by atoms with Crippen LogP contribution in [-0.2, 0) is 0 Å². The number of carbonyl (C=O) groups is 1. The number of hydrazone groups is 1. The molecule has 13 heteroatoms. The van der Waals surface area contributed by atoms with Gasteiger partial charge in [-0.15, -0.1) is 0 Å². The first-order valence-electron chi connectivity index (χ1n) is 8.12. The first-order valence-corrected chi connectivity index (χ1v) is 8.88. The molecule has 0 saturated heterocycles. The van der Waals surface area contributed by atoms with Gasteiger partial charge in [0.2, 0.25) is 0 Å². The third-order valence-corrected chi connectivity index (χ3v) is 4.67. The molecule has 1 heterocycles. The average molecular weight is 451 g/mol. The summed E-state index contributed by atoms with van der Waals surface area (Å²) in [5.74, 6) is 0. The van der Waals surface area contributed by atoms with Crippen molar-refractivity contribution in [3.8, 4) is 0 Å². The predicted octanol–water partition coefficient (Wildman–Crippen LogP) is 2.24. The van der Waals surface area contributed by atoms with Crippen LogP contribution in [0.25, 0.3) is 11.0 Å². The van der Waals surface area contributed by atoms with Crippen molar-refractivity contribution >= 4 is 51.7 Å². The number of urea groups is 1. The maximum Gasteiger partial charge on any atom is 0.332 e. The quantitative estimate of drug-likeness (QED) is 0.263. The van der Waals surface area contributed by atoms with Gasteiger partial charge in [0.1, 0.15) is 11.8 Å². The van der Waals surface area contributed by atoms with E-state index >= 15 is 0 Å². The van der Waals surface area contributed by atoms with Crippen molar-refractivity contribution < 1.29 is 14.8 Å². The standard InChI is InChI=1S/C17H12Cl2N6O5/c18-9-3-1-7(5-10(9)19)15(26)13(23-24-17(20)28)14-16(27)22-12-6-8(25(29)30)2-4-11(12)21-14/h1-6,15,26H,(H,22,27)(H3,20,24,28)/b23-13-. The molecular weight excluding hydrogens is 439 g/mol. The Morgan fingerprint density at radius 2 is 2.00 bits per heavy atom. The number of nitro groups is 1. The number of rotatable bonds is 5. The summed E-state index contributed by atoms with van der Waals surface area (Å²) >= 11 is 11.9. The van der Waals surface area contributed by atoms with E-state index in [1.165, 1.54) is 30.3 Å². The Kier molecular flexibility index (Phi) is 5.96. The van der Waals surface area contributed by atoms with E-state index in [1.807, 2.05) is 5.43 Å². The summed E-state index contributed by atoms with van der Waals surface area (Å²) in [6.07, 6.45) is -1.55. The average Bonchev–Trinajstić information content (AvgIpc) is 2.69. The lowest BCUT2D eigenvalue weighted by molar-refractivity contribution is -0.384. The van der Waals surface area contributed by atoms with Crippen LogP contribution in [0.4, 0.5) is 10.5 Å². The van der Waals surface area contributed by atoms with E-state index in [4.69, 9.17) is 28.9 Å². The fourth-order valence-corrected chi connectivity index (χ4v) is 2.87. The number of amides is 2. The summed E-state index contributed by atoms with van der Waals surface area (Å²) in [7, 11) is 0. The van der Waals surface area contributed by atoms with Crippen molar-refractivity contribution in [2.24, 2.45) is 10.8 Å². The molecule has 0 radical (unpaired) electrons. The molecule has 2 amide bonds. The molecule has 0 aliphatic carbocycles. The number of H-pyrrole nitrogens is 1. The van der Waals surface area contributed by atoms with Gasteiger partial charge in [-0.1, -0.05) is 29.3 Å². The van der Waals surface area contributed by atoms with Crippen molar-refractivity contribution in [3.63, 3.8) is 0 Å². The summed E-state index contributed by atoms with van der Waals surface area (Å²) < 4.78 is 0. The van der Waals surface area contributed by atoms with Crippen molar-refractivity contribution in [2.45, 2.75) is 6.10 Å². The fraction of sp³-hybridized carbons (Fsp3) is 0.0588. The summed E-state index contributed by atoms with van der Waals surface area (Å²) in [6.45, 7) is 0. The van der Waals surface area contributed by atoms with Gasteiger partial charge in [-0.25, -0.2) is 15.2 Å². The number of nitrogens with zero attached hydrogens (tertiary/aromatic N) is 3. The number of benzene rings is 2. The zero-order valence-corrected chi connectivity index (χ0v) is 16.3. The lowest BCUT2D eigenvalue weighted by Crippen LogP contribution is -2.31. The van der Waals surface area contributed by atoms with Crippen LogP contribution in [0.1, 0.15) is 17.4 Å². The number of hydrogen-bond donors (Lipinski definition) is 4.